The molecule has 0 saturated carbocycles. The van der Waals surface area contributed by atoms with Gasteiger partial charge >= 0.3 is 10.4 Å². The van der Waals surface area contributed by atoms with Crippen LogP contribution in [0.15, 0.2) is 0 Å². The van der Waals surface area contributed by atoms with E-state index in [2.05, 4.69) is 0 Å². The fourth-order valence-electron chi connectivity index (χ4n) is 0. The third-order valence-corrected chi connectivity index (χ3v) is 0. The summed E-state index contributed by atoms with van der Waals surface area (Å²) in [5, 5.41) is 22.9. The normalized spacial score (nSPS) is 11.8. The van der Waals surface area contributed by atoms with E-state index in [-0.39, 0.29) is 0 Å². The zero-order chi connectivity index (χ0) is 9.00. The van der Waals surface area contributed by atoms with Gasteiger partial charge in [-0.1, -0.05) is 0 Å². The lowest BCUT2D eigenvalue weighted by atomic mass is 10.7. The molecule has 0 heterocycles. The van der Waals surface area contributed by atoms with E-state index < -0.39 is 16.4 Å². The van der Waals surface area contributed by atoms with E-state index in [9.17, 15) is 0 Å². The smallest absolute Gasteiger partial charge is 0.344 e. The predicted molar refractivity (Wildman–Crippen MR) is 29.2 cm³/mol. The molecular weight excluding hydrogens is 168 g/mol. The second kappa shape index (κ2) is 3.81. The summed E-state index contributed by atoms with van der Waals surface area (Å²) in [5.74, 6) is -2.50. The zero-order valence-corrected chi connectivity index (χ0v) is 5.78. The monoisotopic (exact) mass is 176 g/mol. The van der Waals surface area contributed by atoms with Crippen molar-refractivity contribution in [3.8, 4) is 0 Å². The van der Waals surface area contributed by atoms with Gasteiger partial charge in [-0.05, 0) is 0 Å². The molecule has 0 aliphatic heterocycles. The topological polar surface area (TPSA) is 135 Å². The molecule has 0 spiro atoms. The van der Waals surface area contributed by atoms with Crippen LogP contribution in [0, 0.1) is 0 Å². The molecule has 0 rings (SSSR count). The third-order valence-electron chi connectivity index (χ3n) is 0. The molecule has 0 aliphatic carbocycles. The van der Waals surface area contributed by atoms with Crippen LogP contribution in [0.2, 0.25) is 0 Å². The van der Waals surface area contributed by atoms with Gasteiger partial charge in [0.15, 0.2) is 0 Å². The Morgan fingerprint density at radius 3 is 1.10 bits per heavy atom. The zero-order valence-electron chi connectivity index (χ0n) is 4.96. The molecule has 8 heteroatoms. The van der Waals surface area contributed by atoms with Gasteiger partial charge in [0.25, 0.3) is 5.97 Å². The molecule has 0 aliphatic rings. The van der Waals surface area contributed by atoms with Crippen molar-refractivity contribution >= 4 is 10.4 Å². The molecule has 0 amide bonds. The van der Waals surface area contributed by atoms with Gasteiger partial charge < -0.3 is 15.3 Å². The van der Waals surface area contributed by atoms with Crippen LogP contribution in [0.4, 0.5) is 0 Å². The van der Waals surface area contributed by atoms with Gasteiger partial charge in [0.2, 0.25) is 0 Å². The summed E-state index contributed by atoms with van der Waals surface area (Å²) in [7, 11) is -4.67. The summed E-state index contributed by atoms with van der Waals surface area (Å²) >= 11 is 0. The van der Waals surface area contributed by atoms with E-state index in [1.807, 2.05) is 0 Å². The molecular formula is C2H8O7S. The highest BCUT2D eigenvalue weighted by Gasteiger charge is 2.03. The van der Waals surface area contributed by atoms with Crippen LogP contribution in [0.25, 0.3) is 0 Å². The molecule has 0 unspecified atom stereocenters. The molecule has 0 bridgehead atoms. The van der Waals surface area contributed by atoms with Crippen LogP contribution in [-0.4, -0.2) is 38.8 Å². The van der Waals surface area contributed by atoms with Crippen molar-refractivity contribution in [3.63, 3.8) is 0 Å². The van der Waals surface area contributed by atoms with Crippen molar-refractivity contribution in [2.24, 2.45) is 0 Å². The van der Waals surface area contributed by atoms with Crippen molar-refractivity contribution in [1.29, 1.82) is 0 Å². The standard InChI is InChI=1S/C2H6O3.H2O4S/c1-2(3,4)5;1-5(2,3)4/h3-5H,1H3;(H2,1,2,3,4). The lowest BCUT2D eigenvalue weighted by Gasteiger charge is -2.01. The van der Waals surface area contributed by atoms with Crippen molar-refractivity contribution in [2.45, 2.75) is 12.9 Å². The molecule has 64 valence electrons. The van der Waals surface area contributed by atoms with E-state index >= 15 is 0 Å². The van der Waals surface area contributed by atoms with E-state index in [1.54, 1.807) is 0 Å². The van der Waals surface area contributed by atoms with Crippen molar-refractivity contribution in [3.05, 3.63) is 0 Å². The quantitative estimate of drug-likeness (QED) is 0.212. The summed E-state index contributed by atoms with van der Waals surface area (Å²) < 4.78 is 31.6. The number of hydrogen-bond acceptors (Lipinski definition) is 5. The van der Waals surface area contributed by atoms with Crippen LogP contribution in [0.3, 0.4) is 0 Å². The minimum absolute atomic E-state index is 0.854. The van der Waals surface area contributed by atoms with Crippen molar-refractivity contribution in [1.82, 2.24) is 0 Å². The van der Waals surface area contributed by atoms with E-state index in [0.717, 1.165) is 6.92 Å². The van der Waals surface area contributed by atoms with Crippen LogP contribution in [0.5, 0.6) is 0 Å². The maximum atomic E-state index is 8.74. The summed E-state index contributed by atoms with van der Waals surface area (Å²) in [6.07, 6.45) is 0. The fourth-order valence-corrected chi connectivity index (χ4v) is 0. The average Bonchev–Trinajstić information content (AvgIpc) is 1.12. The number of rotatable bonds is 0. The first kappa shape index (κ1) is 12.4. The highest BCUT2D eigenvalue weighted by Crippen LogP contribution is 1.82. The lowest BCUT2D eigenvalue weighted by molar-refractivity contribution is -0.297. The van der Waals surface area contributed by atoms with Gasteiger partial charge in [0.05, 0.1) is 0 Å². The Morgan fingerprint density at radius 2 is 1.10 bits per heavy atom. The molecule has 0 aromatic rings. The predicted octanol–water partition coefficient (Wildman–Crippen LogP) is -2.02. The first-order valence-corrected chi connectivity index (χ1v) is 3.27. The molecule has 5 N–H and O–H groups in total. The Balaban J connectivity index is 0. The Morgan fingerprint density at radius 1 is 1.10 bits per heavy atom. The van der Waals surface area contributed by atoms with Crippen LogP contribution < -0.4 is 0 Å². The first-order valence-electron chi connectivity index (χ1n) is 1.87. The SMILES string of the molecule is CC(O)(O)O.O=S(=O)(O)O. The molecule has 0 atom stereocenters. The summed E-state index contributed by atoms with van der Waals surface area (Å²) in [4.78, 5) is 0. The lowest BCUT2D eigenvalue weighted by Crippen LogP contribution is -2.20. The van der Waals surface area contributed by atoms with Gasteiger partial charge in [0.1, 0.15) is 0 Å². The van der Waals surface area contributed by atoms with E-state index in [0.29, 0.717) is 0 Å². The summed E-state index contributed by atoms with van der Waals surface area (Å²) in [6, 6.07) is 0. The fraction of sp³-hybridized carbons (Fsp3) is 1.00. The Kier molecular flexibility index (Phi) is 4.73. The molecule has 7 nitrogen and oxygen atoms in total. The summed E-state index contributed by atoms with van der Waals surface area (Å²) in [5.41, 5.74) is 0. The Bertz CT molecular complexity index is 147. The molecule has 0 saturated heterocycles. The van der Waals surface area contributed by atoms with Gasteiger partial charge in [-0.25, -0.2) is 0 Å². The maximum absolute atomic E-state index is 8.74. The third kappa shape index (κ3) is 5650. The highest BCUT2D eigenvalue weighted by atomic mass is 32.3. The average molecular weight is 176 g/mol. The van der Waals surface area contributed by atoms with Crippen molar-refractivity contribution in [2.75, 3.05) is 0 Å². The van der Waals surface area contributed by atoms with Gasteiger partial charge in [-0.15, -0.1) is 0 Å². The van der Waals surface area contributed by atoms with Crippen molar-refractivity contribution < 1.29 is 32.8 Å². The van der Waals surface area contributed by atoms with Crippen LogP contribution in [-0.2, 0) is 10.4 Å². The van der Waals surface area contributed by atoms with E-state index in [4.69, 9.17) is 32.8 Å². The molecule has 0 radical (unpaired) electrons. The Labute approximate surface area is 57.1 Å². The minimum Gasteiger partial charge on any atom is -0.344 e. The van der Waals surface area contributed by atoms with Gasteiger partial charge in [-0.2, -0.15) is 8.42 Å². The minimum atomic E-state index is -4.67. The largest absolute Gasteiger partial charge is 0.394 e. The van der Waals surface area contributed by atoms with E-state index in [1.165, 1.54) is 0 Å². The number of hydrogen-bond donors (Lipinski definition) is 5. The summed E-state index contributed by atoms with van der Waals surface area (Å²) in [6.45, 7) is 0.854. The second-order valence-electron chi connectivity index (χ2n) is 1.42. The van der Waals surface area contributed by atoms with Crippen LogP contribution in [0.1, 0.15) is 6.92 Å². The number of aliphatic hydroxyl groups is 3. The van der Waals surface area contributed by atoms with Gasteiger partial charge in [-0.3, -0.25) is 9.11 Å². The van der Waals surface area contributed by atoms with Crippen LogP contribution >= 0.6 is 0 Å². The Hall–Kier alpha value is -0.250. The molecule has 0 aromatic carbocycles. The molecule has 10 heavy (non-hydrogen) atoms. The first-order chi connectivity index (χ1) is 4.00. The molecule has 0 aromatic heterocycles. The highest BCUT2D eigenvalue weighted by molar-refractivity contribution is 7.79. The van der Waals surface area contributed by atoms with Gasteiger partial charge in [0, 0.05) is 6.92 Å². The maximum Gasteiger partial charge on any atom is 0.394 e. The second-order valence-corrected chi connectivity index (χ2v) is 2.31. The molecule has 0 fully saturated rings.